The average molecular weight is 546 g/mol. The molecule has 9 N–H and O–H groups in total. The topological polar surface area (TPSA) is 189 Å². The van der Waals surface area contributed by atoms with Crippen molar-refractivity contribution in [1.82, 2.24) is 9.88 Å². The number of anilines is 2. The molecule has 0 atom stereocenters. The number of benzene rings is 2. The van der Waals surface area contributed by atoms with E-state index in [9.17, 15) is 14.0 Å². The van der Waals surface area contributed by atoms with E-state index in [1.54, 1.807) is 30.1 Å². The Morgan fingerprint density at radius 2 is 1.85 bits per heavy atom. The summed E-state index contributed by atoms with van der Waals surface area (Å²) >= 11 is 0. The first kappa shape index (κ1) is 29.3. The Morgan fingerprint density at radius 1 is 1.12 bits per heavy atom. The molecule has 0 fully saturated rings. The highest BCUT2D eigenvalue weighted by Crippen LogP contribution is 2.26. The summed E-state index contributed by atoms with van der Waals surface area (Å²) in [5, 5.41) is 13.0. The van der Waals surface area contributed by atoms with Crippen molar-refractivity contribution < 1.29 is 14.0 Å². The smallest absolute Gasteiger partial charge is 0.274 e. The fraction of sp³-hybridized carbons (Fsp3) is 0.179. The fourth-order valence-corrected chi connectivity index (χ4v) is 3.74. The molecule has 2 aromatic carbocycles. The van der Waals surface area contributed by atoms with Gasteiger partial charge in [0.15, 0.2) is 18.2 Å². The monoisotopic (exact) mass is 545 g/mol. The van der Waals surface area contributed by atoms with Gasteiger partial charge in [0.25, 0.3) is 5.91 Å². The number of aromatic nitrogens is 1. The molecule has 2 heterocycles. The van der Waals surface area contributed by atoms with Crippen LogP contribution in [0.15, 0.2) is 71.9 Å². The number of hydrogen-bond donors (Lipinski definition) is 6. The molecule has 11 nitrogen and oxygen atoms in total. The van der Waals surface area contributed by atoms with Gasteiger partial charge in [-0.25, -0.2) is 9.38 Å². The standard InChI is InChI=1S/C15H15N5O2.C13H17FN4/c16-15(17)19-7-10-1-4-12(5-2-10)20-14(22)13-6-3-11(9-21)8-18-13;1-17-10-2-3-11(12(14)8-10)9-4-6-18(7-5-9)13(15)16/h1-6,8-9H,7H2,(H,20,22)(H4,16,17,19);2-4,8,17H,5-7H2,1H3,(H3,15,16). The Labute approximate surface area is 231 Å². The number of nitrogens with two attached hydrogens (primary N) is 3. The molecule has 208 valence electrons. The van der Waals surface area contributed by atoms with E-state index in [0.29, 0.717) is 49.2 Å². The lowest BCUT2D eigenvalue weighted by Crippen LogP contribution is -2.39. The van der Waals surface area contributed by atoms with E-state index < -0.39 is 0 Å². The van der Waals surface area contributed by atoms with Crippen LogP contribution in [0.1, 0.15) is 38.4 Å². The van der Waals surface area contributed by atoms with Crippen molar-refractivity contribution in [2.24, 2.45) is 22.2 Å². The number of amides is 1. The predicted molar refractivity (Wildman–Crippen MR) is 156 cm³/mol. The predicted octanol–water partition coefficient (Wildman–Crippen LogP) is 2.77. The van der Waals surface area contributed by atoms with Crippen LogP contribution in [0.5, 0.6) is 0 Å². The van der Waals surface area contributed by atoms with E-state index in [0.717, 1.165) is 16.8 Å². The minimum Gasteiger partial charge on any atom is -0.388 e. The summed E-state index contributed by atoms with van der Waals surface area (Å²) in [6, 6.07) is 15.3. The molecule has 12 heteroatoms. The average Bonchev–Trinajstić information content (AvgIpc) is 2.97. The van der Waals surface area contributed by atoms with Gasteiger partial charge in [-0.2, -0.15) is 0 Å². The highest BCUT2D eigenvalue weighted by molar-refractivity contribution is 6.03. The van der Waals surface area contributed by atoms with Crippen LogP contribution in [-0.4, -0.2) is 54.1 Å². The first-order valence-corrected chi connectivity index (χ1v) is 12.3. The zero-order valence-corrected chi connectivity index (χ0v) is 22.0. The fourth-order valence-electron chi connectivity index (χ4n) is 3.74. The molecule has 4 rings (SSSR count). The van der Waals surface area contributed by atoms with Crippen LogP contribution in [0.25, 0.3) is 5.57 Å². The van der Waals surface area contributed by atoms with Crippen molar-refractivity contribution in [3.05, 3.63) is 95.1 Å². The lowest BCUT2D eigenvalue weighted by molar-refractivity contribution is 0.102. The van der Waals surface area contributed by atoms with Crippen molar-refractivity contribution >= 4 is 41.1 Å². The third-order valence-electron chi connectivity index (χ3n) is 5.96. The van der Waals surface area contributed by atoms with Crippen LogP contribution in [0.2, 0.25) is 0 Å². The Kier molecular flexibility index (Phi) is 10.3. The second kappa shape index (κ2) is 14.0. The molecule has 0 unspecified atom stereocenters. The summed E-state index contributed by atoms with van der Waals surface area (Å²) in [5.74, 6) is -0.475. The second-order valence-electron chi connectivity index (χ2n) is 8.74. The van der Waals surface area contributed by atoms with Gasteiger partial charge in [0.2, 0.25) is 0 Å². The van der Waals surface area contributed by atoms with Crippen LogP contribution >= 0.6 is 0 Å². The van der Waals surface area contributed by atoms with E-state index in [1.807, 2.05) is 24.3 Å². The number of aldehydes is 1. The van der Waals surface area contributed by atoms with E-state index in [-0.39, 0.29) is 29.3 Å². The molecule has 0 spiro atoms. The quantitative estimate of drug-likeness (QED) is 0.148. The molecule has 0 saturated carbocycles. The lowest BCUT2D eigenvalue weighted by atomic mass is 9.99. The lowest BCUT2D eigenvalue weighted by Gasteiger charge is -2.26. The van der Waals surface area contributed by atoms with Crippen molar-refractivity contribution in [2.75, 3.05) is 30.8 Å². The van der Waals surface area contributed by atoms with Gasteiger partial charge in [0.1, 0.15) is 11.5 Å². The maximum atomic E-state index is 13.9. The third kappa shape index (κ3) is 8.38. The molecule has 1 aromatic heterocycles. The van der Waals surface area contributed by atoms with Crippen molar-refractivity contribution in [1.29, 1.82) is 5.41 Å². The maximum Gasteiger partial charge on any atom is 0.274 e. The van der Waals surface area contributed by atoms with Crippen LogP contribution < -0.4 is 27.8 Å². The number of aliphatic imine (C=N–C) groups is 1. The maximum absolute atomic E-state index is 13.9. The van der Waals surface area contributed by atoms with Crippen molar-refractivity contribution in [2.45, 2.75) is 13.0 Å². The van der Waals surface area contributed by atoms with Gasteiger partial charge in [0, 0.05) is 48.8 Å². The van der Waals surface area contributed by atoms with Crippen LogP contribution in [0.4, 0.5) is 15.8 Å². The largest absolute Gasteiger partial charge is 0.388 e. The zero-order chi connectivity index (χ0) is 29.1. The molecule has 0 aliphatic carbocycles. The van der Waals surface area contributed by atoms with E-state index in [4.69, 9.17) is 22.6 Å². The number of hydrogen-bond acceptors (Lipinski definition) is 6. The van der Waals surface area contributed by atoms with Crippen LogP contribution in [-0.2, 0) is 6.54 Å². The number of carbonyl (C=O) groups is 2. The van der Waals surface area contributed by atoms with Crippen molar-refractivity contribution in [3.63, 3.8) is 0 Å². The summed E-state index contributed by atoms with van der Waals surface area (Å²) in [6.07, 6.45) is 4.65. The Hall–Kier alpha value is -5.26. The Morgan fingerprint density at radius 3 is 2.38 bits per heavy atom. The molecule has 0 radical (unpaired) electrons. The molecular weight excluding hydrogens is 513 g/mol. The van der Waals surface area contributed by atoms with Gasteiger partial charge in [0.05, 0.1) is 6.54 Å². The summed E-state index contributed by atoms with van der Waals surface area (Å²) in [5.41, 5.74) is 20.5. The molecule has 1 aliphatic heterocycles. The third-order valence-corrected chi connectivity index (χ3v) is 5.96. The summed E-state index contributed by atoms with van der Waals surface area (Å²) in [4.78, 5) is 32.1. The van der Waals surface area contributed by atoms with E-state index in [1.165, 1.54) is 24.4 Å². The molecule has 0 bridgehead atoms. The van der Waals surface area contributed by atoms with Crippen LogP contribution in [0, 0.1) is 11.2 Å². The first-order valence-electron chi connectivity index (χ1n) is 12.3. The number of pyridine rings is 1. The van der Waals surface area contributed by atoms with E-state index in [2.05, 4.69) is 20.6 Å². The number of guanidine groups is 2. The molecule has 0 saturated heterocycles. The Balaban J connectivity index is 0.000000225. The molecule has 1 amide bonds. The normalized spacial score (nSPS) is 12.2. The highest BCUT2D eigenvalue weighted by Gasteiger charge is 2.16. The minimum atomic E-state index is -0.352. The van der Waals surface area contributed by atoms with Gasteiger partial charge in [-0.05, 0) is 60.0 Å². The van der Waals surface area contributed by atoms with Crippen molar-refractivity contribution in [3.8, 4) is 0 Å². The highest BCUT2D eigenvalue weighted by atomic mass is 19.1. The number of carbonyl (C=O) groups excluding carboxylic acids is 2. The number of rotatable bonds is 7. The number of nitrogens with zero attached hydrogens (tertiary/aromatic N) is 3. The summed E-state index contributed by atoms with van der Waals surface area (Å²) in [6.45, 7) is 1.61. The number of halogens is 1. The second-order valence-corrected chi connectivity index (χ2v) is 8.74. The molecule has 40 heavy (non-hydrogen) atoms. The first-order chi connectivity index (χ1) is 19.2. The van der Waals surface area contributed by atoms with Gasteiger partial charge < -0.3 is 32.7 Å². The Bertz CT molecular complexity index is 1400. The van der Waals surface area contributed by atoms with Gasteiger partial charge in [-0.15, -0.1) is 0 Å². The van der Waals surface area contributed by atoms with Gasteiger partial charge in [-0.1, -0.05) is 18.2 Å². The SMILES string of the molecule is CNc1ccc(C2=CCN(C(=N)N)CC2)c(F)c1.NC(N)=NCc1ccc(NC(=O)c2ccc(C=O)cn2)cc1. The molecule has 1 aliphatic rings. The van der Waals surface area contributed by atoms with Gasteiger partial charge in [-0.3, -0.25) is 20.0 Å². The zero-order valence-electron chi connectivity index (χ0n) is 22.0. The molecular formula is C28H32FN9O2. The molecule has 3 aromatic rings. The minimum absolute atomic E-state index is 0.0298. The van der Waals surface area contributed by atoms with Gasteiger partial charge >= 0.3 is 0 Å². The van der Waals surface area contributed by atoms with Crippen LogP contribution in [0.3, 0.4) is 0 Å². The summed E-state index contributed by atoms with van der Waals surface area (Å²) in [7, 11) is 1.76. The van der Waals surface area contributed by atoms with E-state index >= 15 is 0 Å². The summed E-state index contributed by atoms with van der Waals surface area (Å²) < 4.78 is 13.9. The number of nitrogens with one attached hydrogen (secondary N) is 3.